The molecule has 0 bridgehead atoms. The lowest BCUT2D eigenvalue weighted by Crippen LogP contribution is -2.08. The van der Waals surface area contributed by atoms with Gasteiger partial charge in [-0.25, -0.2) is 0 Å². The van der Waals surface area contributed by atoms with Crippen molar-refractivity contribution in [3.63, 3.8) is 0 Å². The van der Waals surface area contributed by atoms with Crippen LogP contribution in [0.25, 0.3) is 0 Å². The number of methoxy groups -OCH3 is 1. The molecule has 0 aliphatic heterocycles. The monoisotopic (exact) mass is 303 g/mol. The molecule has 3 rings (SSSR count). The fourth-order valence-corrected chi connectivity index (χ4v) is 2.15. The number of hydrogen-bond acceptors (Lipinski definition) is 4. The van der Waals surface area contributed by atoms with Crippen LogP contribution in [0.4, 0.5) is 5.69 Å². The minimum atomic E-state index is 0.794. The maximum absolute atomic E-state index is 5.16. The maximum Gasteiger partial charge on any atom is 0.119 e. The summed E-state index contributed by atoms with van der Waals surface area (Å²) in [6, 6.07) is 23.4. The molecular formula is C19H17N3O. The molecule has 0 radical (unpaired) electrons. The third kappa shape index (κ3) is 3.74. The number of nitrogens with one attached hydrogen (secondary N) is 1. The van der Waals surface area contributed by atoms with E-state index in [1.807, 2.05) is 72.8 Å². The highest BCUT2D eigenvalue weighted by molar-refractivity contribution is 6.11. The van der Waals surface area contributed by atoms with Crippen molar-refractivity contribution < 1.29 is 4.74 Å². The van der Waals surface area contributed by atoms with Crippen LogP contribution in [-0.4, -0.2) is 17.8 Å². The number of hydrazone groups is 1. The fourth-order valence-electron chi connectivity index (χ4n) is 2.15. The summed E-state index contributed by atoms with van der Waals surface area (Å²) in [6.07, 6.45) is 1.77. The quantitative estimate of drug-likeness (QED) is 0.573. The maximum atomic E-state index is 5.16. The van der Waals surface area contributed by atoms with Gasteiger partial charge in [-0.1, -0.05) is 36.4 Å². The summed E-state index contributed by atoms with van der Waals surface area (Å²) in [5, 5.41) is 4.55. The highest BCUT2D eigenvalue weighted by Crippen LogP contribution is 2.16. The van der Waals surface area contributed by atoms with Gasteiger partial charge in [0, 0.05) is 11.8 Å². The van der Waals surface area contributed by atoms with Gasteiger partial charge >= 0.3 is 0 Å². The van der Waals surface area contributed by atoms with Crippen molar-refractivity contribution in [1.82, 2.24) is 4.98 Å². The van der Waals surface area contributed by atoms with Crippen molar-refractivity contribution in [2.75, 3.05) is 12.5 Å². The zero-order chi connectivity index (χ0) is 15.9. The van der Waals surface area contributed by atoms with E-state index in [2.05, 4.69) is 15.5 Å². The van der Waals surface area contributed by atoms with Crippen molar-refractivity contribution in [3.05, 3.63) is 90.3 Å². The first-order valence-corrected chi connectivity index (χ1v) is 7.31. The molecule has 4 heteroatoms. The Morgan fingerprint density at radius 2 is 1.65 bits per heavy atom. The van der Waals surface area contributed by atoms with Gasteiger partial charge in [-0.3, -0.25) is 10.4 Å². The molecule has 4 nitrogen and oxygen atoms in total. The van der Waals surface area contributed by atoms with Crippen molar-refractivity contribution in [2.24, 2.45) is 5.10 Å². The fraction of sp³-hybridized carbons (Fsp3) is 0.0526. The van der Waals surface area contributed by atoms with Gasteiger partial charge in [0.25, 0.3) is 0 Å². The average molecular weight is 303 g/mol. The van der Waals surface area contributed by atoms with Crippen molar-refractivity contribution in [2.45, 2.75) is 0 Å². The summed E-state index contributed by atoms with van der Waals surface area (Å²) in [5.74, 6) is 0.813. The van der Waals surface area contributed by atoms with E-state index >= 15 is 0 Å². The van der Waals surface area contributed by atoms with Crippen LogP contribution in [0.5, 0.6) is 5.75 Å². The molecule has 0 saturated carbocycles. The van der Waals surface area contributed by atoms with Crippen molar-refractivity contribution in [1.29, 1.82) is 0 Å². The molecule has 114 valence electrons. The van der Waals surface area contributed by atoms with E-state index in [-0.39, 0.29) is 0 Å². The van der Waals surface area contributed by atoms with E-state index in [9.17, 15) is 0 Å². The number of pyridine rings is 1. The first-order chi connectivity index (χ1) is 11.4. The first-order valence-electron chi connectivity index (χ1n) is 7.31. The van der Waals surface area contributed by atoms with Gasteiger partial charge in [0.2, 0.25) is 0 Å². The third-order valence-corrected chi connectivity index (χ3v) is 3.34. The molecule has 23 heavy (non-hydrogen) atoms. The first kappa shape index (κ1) is 14.8. The molecule has 0 amide bonds. The minimum Gasteiger partial charge on any atom is -0.497 e. The lowest BCUT2D eigenvalue weighted by atomic mass is 10.1. The van der Waals surface area contributed by atoms with Crippen LogP contribution in [0.3, 0.4) is 0 Å². The van der Waals surface area contributed by atoms with Gasteiger partial charge < -0.3 is 4.74 Å². The molecule has 0 saturated heterocycles. The van der Waals surface area contributed by atoms with Crippen LogP contribution in [0, 0.1) is 0 Å². The van der Waals surface area contributed by atoms with E-state index in [0.717, 1.165) is 28.4 Å². The van der Waals surface area contributed by atoms with E-state index in [4.69, 9.17) is 4.74 Å². The molecule has 0 fully saturated rings. The molecule has 0 atom stereocenters. The largest absolute Gasteiger partial charge is 0.497 e. The topological polar surface area (TPSA) is 46.5 Å². The predicted octanol–water partition coefficient (Wildman–Crippen LogP) is 3.95. The van der Waals surface area contributed by atoms with Gasteiger partial charge in [-0.05, 0) is 36.4 Å². The lowest BCUT2D eigenvalue weighted by molar-refractivity contribution is 0.415. The van der Waals surface area contributed by atoms with E-state index in [1.165, 1.54) is 0 Å². The van der Waals surface area contributed by atoms with Gasteiger partial charge in [0.15, 0.2) is 0 Å². The molecule has 0 spiro atoms. The number of rotatable bonds is 5. The zero-order valence-corrected chi connectivity index (χ0v) is 12.8. The number of ether oxygens (including phenoxy) is 1. The van der Waals surface area contributed by atoms with Crippen LogP contribution >= 0.6 is 0 Å². The van der Waals surface area contributed by atoms with Crippen LogP contribution in [0.2, 0.25) is 0 Å². The van der Waals surface area contributed by atoms with Gasteiger partial charge in [-0.2, -0.15) is 5.10 Å². The van der Waals surface area contributed by atoms with E-state index in [0.29, 0.717) is 0 Å². The van der Waals surface area contributed by atoms with E-state index < -0.39 is 0 Å². The number of anilines is 1. The number of nitrogens with zero attached hydrogens (tertiary/aromatic N) is 2. The van der Waals surface area contributed by atoms with Crippen LogP contribution < -0.4 is 10.2 Å². The number of hydrogen-bond donors (Lipinski definition) is 1. The van der Waals surface area contributed by atoms with Crippen LogP contribution in [0.15, 0.2) is 84.1 Å². The third-order valence-electron chi connectivity index (χ3n) is 3.34. The molecule has 0 aliphatic carbocycles. The molecule has 3 aromatic rings. The second kappa shape index (κ2) is 7.22. The molecular weight excluding hydrogens is 286 g/mol. The summed E-state index contributed by atoms with van der Waals surface area (Å²) in [7, 11) is 1.65. The Labute approximate surface area is 135 Å². The van der Waals surface area contributed by atoms with E-state index in [1.54, 1.807) is 13.3 Å². The molecule has 0 unspecified atom stereocenters. The Morgan fingerprint density at radius 3 is 2.30 bits per heavy atom. The number of benzene rings is 2. The second-order valence-electron chi connectivity index (χ2n) is 4.88. The van der Waals surface area contributed by atoms with Gasteiger partial charge in [0.05, 0.1) is 18.5 Å². The molecule has 1 heterocycles. The summed E-state index contributed by atoms with van der Waals surface area (Å²) in [6.45, 7) is 0. The van der Waals surface area contributed by atoms with Crippen molar-refractivity contribution >= 4 is 11.4 Å². The smallest absolute Gasteiger partial charge is 0.119 e. The SMILES string of the molecule is COc1ccc(N/N=C(\c2ccccc2)c2ccccn2)cc1. The Bertz CT molecular complexity index is 727. The van der Waals surface area contributed by atoms with Crippen LogP contribution in [0.1, 0.15) is 11.3 Å². The summed E-state index contributed by atoms with van der Waals surface area (Å²) in [5.41, 5.74) is 6.59. The summed E-state index contributed by atoms with van der Waals surface area (Å²) < 4.78 is 5.16. The Morgan fingerprint density at radius 1 is 0.913 bits per heavy atom. The summed E-state index contributed by atoms with van der Waals surface area (Å²) >= 11 is 0. The highest BCUT2D eigenvalue weighted by Gasteiger charge is 2.07. The Balaban J connectivity index is 1.91. The Hall–Kier alpha value is -3.14. The van der Waals surface area contributed by atoms with Gasteiger partial charge in [-0.15, -0.1) is 0 Å². The molecule has 2 aromatic carbocycles. The molecule has 1 N–H and O–H groups in total. The highest BCUT2D eigenvalue weighted by atomic mass is 16.5. The van der Waals surface area contributed by atoms with Gasteiger partial charge in [0.1, 0.15) is 11.5 Å². The summed E-state index contributed by atoms with van der Waals surface area (Å²) in [4.78, 5) is 4.40. The second-order valence-corrected chi connectivity index (χ2v) is 4.88. The average Bonchev–Trinajstić information content (AvgIpc) is 2.64. The standard InChI is InChI=1S/C19H17N3O/c1-23-17-12-10-16(11-13-17)21-22-19(15-7-3-2-4-8-15)18-9-5-6-14-20-18/h2-14,21H,1H3/b22-19+. The minimum absolute atomic E-state index is 0.794. The van der Waals surface area contributed by atoms with Crippen LogP contribution in [-0.2, 0) is 0 Å². The predicted molar refractivity (Wildman–Crippen MR) is 92.9 cm³/mol. The molecule has 0 aliphatic rings. The number of aromatic nitrogens is 1. The normalized spacial score (nSPS) is 11.1. The zero-order valence-electron chi connectivity index (χ0n) is 12.8. The Kier molecular flexibility index (Phi) is 4.64. The molecule has 1 aromatic heterocycles. The lowest BCUT2D eigenvalue weighted by Gasteiger charge is -2.08. The van der Waals surface area contributed by atoms with Crippen molar-refractivity contribution in [3.8, 4) is 5.75 Å².